The van der Waals surface area contributed by atoms with Gasteiger partial charge in [-0.05, 0) is 58.5 Å². The Bertz CT molecular complexity index is 770. The van der Waals surface area contributed by atoms with Crippen molar-refractivity contribution in [1.29, 1.82) is 0 Å². The summed E-state index contributed by atoms with van der Waals surface area (Å²) in [6.07, 6.45) is 0. The highest BCUT2D eigenvalue weighted by Gasteiger charge is 2.11. The van der Waals surface area contributed by atoms with Gasteiger partial charge in [0.25, 0.3) is 5.91 Å². The summed E-state index contributed by atoms with van der Waals surface area (Å²) in [4.78, 5) is 12.3. The van der Waals surface area contributed by atoms with E-state index in [4.69, 9.17) is 21.7 Å². The molecule has 2 aromatic rings. The van der Waals surface area contributed by atoms with Crippen LogP contribution in [-0.2, 0) is 4.74 Å². The second-order valence-corrected chi connectivity index (χ2v) is 6.21. The minimum Gasteiger partial charge on any atom is -0.508 e. The third-order valence-corrected chi connectivity index (χ3v) is 3.89. The second-order valence-electron chi connectivity index (χ2n) is 4.95. The molecule has 0 spiro atoms. The molecule has 0 saturated carbocycles. The number of rotatable bonds is 6. The van der Waals surface area contributed by atoms with Crippen molar-refractivity contribution in [2.24, 2.45) is 0 Å². The number of hydrogen-bond donors (Lipinski definition) is 3. The van der Waals surface area contributed by atoms with E-state index in [1.54, 1.807) is 43.5 Å². The third kappa shape index (κ3) is 6.00. The lowest BCUT2D eigenvalue weighted by Crippen LogP contribution is -2.34. The predicted octanol–water partition coefficient (Wildman–Crippen LogP) is 3.31. The average molecular weight is 425 g/mol. The number of benzene rings is 2. The van der Waals surface area contributed by atoms with Crippen LogP contribution in [0.1, 0.15) is 10.4 Å². The first-order valence-electron chi connectivity index (χ1n) is 7.32. The molecule has 132 valence electrons. The fourth-order valence-corrected chi connectivity index (χ4v) is 2.62. The summed E-state index contributed by atoms with van der Waals surface area (Å²) in [5.74, 6) is 0.364. The topological polar surface area (TPSA) is 79.8 Å². The number of nitrogens with one attached hydrogen (secondary N) is 2. The van der Waals surface area contributed by atoms with E-state index in [1.807, 2.05) is 0 Å². The lowest BCUT2D eigenvalue weighted by molar-refractivity contribution is 0.0977. The quantitative estimate of drug-likeness (QED) is 0.487. The standard InChI is InChI=1S/C17H17BrN2O4S/c1-23-7-8-24-15-6-5-11(9-14(15)18)16(22)20-17(25)19-12-3-2-4-13(21)10-12/h2-6,9-10,21H,7-8H2,1H3,(H2,19,20,22,25). The van der Waals surface area contributed by atoms with E-state index in [0.29, 0.717) is 34.7 Å². The highest BCUT2D eigenvalue weighted by atomic mass is 79.9. The Kier molecular flexibility index (Phi) is 7.17. The first-order chi connectivity index (χ1) is 12.0. The van der Waals surface area contributed by atoms with E-state index in [9.17, 15) is 9.90 Å². The van der Waals surface area contributed by atoms with Crippen LogP contribution < -0.4 is 15.4 Å². The molecule has 0 fully saturated rings. The molecule has 0 aliphatic rings. The molecule has 0 aliphatic heterocycles. The van der Waals surface area contributed by atoms with Crippen LogP contribution in [0.4, 0.5) is 5.69 Å². The number of amides is 1. The SMILES string of the molecule is COCCOc1ccc(C(=O)NC(=S)Nc2cccc(O)c2)cc1Br. The van der Waals surface area contributed by atoms with Crippen LogP contribution in [0.2, 0.25) is 0 Å². The molecular weight excluding hydrogens is 408 g/mol. The minimum absolute atomic E-state index is 0.104. The van der Waals surface area contributed by atoms with Gasteiger partial charge in [-0.15, -0.1) is 0 Å². The number of anilines is 1. The number of hydrogen-bond acceptors (Lipinski definition) is 5. The molecule has 8 heteroatoms. The van der Waals surface area contributed by atoms with Crippen molar-refractivity contribution in [1.82, 2.24) is 5.32 Å². The number of phenols is 1. The molecule has 1 amide bonds. The van der Waals surface area contributed by atoms with Crippen molar-refractivity contribution in [2.75, 3.05) is 25.6 Å². The number of aromatic hydroxyl groups is 1. The van der Waals surface area contributed by atoms with Crippen LogP contribution in [0.5, 0.6) is 11.5 Å². The fourth-order valence-electron chi connectivity index (χ4n) is 1.92. The van der Waals surface area contributed by atoms with E-state index in [1.165, 1.54) is 6.07 Å². The van der Waals surface area contributed by atoms with E-state index < -0.39 is 0 Å². The summed E-state index contributed by atoms with van der Waals surface area (Å²) in [6.45, 7) is 0.891. The zero-order chi connectivity index (χ0) is 18.2. The molecule has 0 unspecified atom stereocenters. The van der Waals surface area contributed by atoms with Crippen molar-refractivity contribution in [2.45, 2.75) is 0 Å². The third-order valence-electron chi connectivity index (χ3n) is 3.07. The Labute approximate surface area is 159 Å². The number of halogens is 1. The first kappa shape index (κ1) is 19.2. The summed E-state index contributed by atoms with van der Waals surface area (Å²) in [6, 6.07) is 11.4. The number of methoxy groups -OCH3 is 1. The van der Waals surface area contributed by atoms with Gasteiger partial charge >= 0.3 is 0 Å². The molecule has 2 aromatic carbocycles. The van der Waals surface area contributed by atoms with Crippen molar-refractivity contribution in [3.63, 3.8) is 0 Å². The summed E-state index contributed by atoms with van der Waals surface area (Å²) < 4.78 is 11.1. The second kappa shape index (κ2) is 9.36. The number of carbonyl (C=O) groups is 1. The van der Waals surface area contributed by atoms with Gasteiger partial charge in [-0.1, -0.05) is 6.07 Å². The summed E-state index contributed by atoms with van der Waals surface area (Å²) in [5, 5.41) is 15.0. The normalized spacial score (nSPS) is 10.2. The summed E-state index contributed by atoms with van der Waals surface area (Å²) >= 11 is 8.48. The molecule has 0 aliphatic carbocycles. The van der Waals surface area contributed by atoms with Crippen LogP contribution in [0, 0.1) is 0 Å². The van der Waals surface area contributed by atoms with Crippen LogP contribution >= 0.6 is 28.1 Å². The maximum Gasteiger partial charge on any atom is 0.257 e. The highest BCUT2D eigenvalue weighted by molar-refractivity contribution is 9.10. The van der Waals surface area contributed by atoms with Crippen molar-refractivity contribution in [3.05, 3.63) is 52.5 Å². The van der Waals surface area contributed by atoms with Gasteiger partial charge in [-0.3, -0.25) is 10.1 Å². The molecular formula is C17H17BrN2O4S. The minimum atomic E-state index is -0.359. The first-order valence-corrected chi connectivity index (χ1v) is 8.52. The molecule has 2 rings (SSSR count). The van der Waals surface area contributed by atoms with Crippen molar-refractivity contribution < 1.29 is 19.4 Å². The van der Waals surface area contributed by atoms with Gasteiger partial charge in [0.2, 0.25) is 0 Å². The lowest BCUT2D eigenvalue weighted by Gasteiger charge is -2.11. The van der Waals surface area contributed by atoms with E-state index >= 15 is 0 Å². The van der Waals surface area contributed by atoms with E-state index in [2.05, 4.69) is 26.6 Å². The van der Waals surface area contributed by atoms with Gasteiger partial charge < -0.3 is 19.9 Å². The number of carbonyl (C=O) groups excluding carboxylic acids is 1. The Morgan fingerprint density at radius 3 is 2.72 bits per heavy atom. The zero-order valence-corrected chi connectivity index (χ0v) is 15.8. The predicted molar refractivity (Wildman–Crippen MR) is 103 cm³/mol. The van der Waals surface area contributed by atoms with Gasteiger partial charge in [0.15, 0.2) is 5.11 Å². The van der Waals surface area contributed by atoms with Crippen LogP contribution in [0.15, 0.2) is 46.9 Å². The molecule has 0 saturated heterocycles. The Balaban J connectivity index is 1.95. The van der Waals surface area contributed by atoms with Crippen LogP contribution in [-0.4, -0.2) is 36.4 Å². The van der Waals surface area contributed by atoms with Gasteiger partial charge in [0.1, 0.15) is 18.1 Å². The number of ether oxygens (including phenoxy) is 2. The molecule has 3 N–H and O–H groups in total. The van der Waals surface area contributed by atoms with Crippen molar-refractivity contribution in [3.8, 4) is 11.5 Å². The Morgan fingerprint density at radius 2 is 2.04 bits per heavy atom. The Morgan fingerprint density at radius 1 is 1.24 bits per heavy atom. The fraction of sp³-hybridized carbons (Fsp3) is 0.176. The van der Waals surface area contributed by atoms with E-state index in [-0.39, 0.29) is 16.8 Å². The smallest absolute Gasteiger partial charge is 0.257 e. The molecule has 6 nitrogen and oxygen atoms in total. The van der Waals surface area contributed by atoms with Gasteiger partial charge in [-0.25, -0.2) is 0 Å². The monoisotopic (exact) mass is 424 g/mol. The number of thiocarbonyl (C=S) groups is 1. The molecule has 25 heavy (non-hydrogen) atoms. The van der Waals surface area contributed by atoms with Crippen LogP contribution in [0.25, 0.3) is 0 Å². The molecule has 0 aromatic heterocycles. The largest absolute Gasteiger partial charge is 0.508 e. The lowest BCUT2D eigenvalue weighted by atomic mass is 10.2. The average Bonchev–Trinajstić information content (AvgIpc) is 2.56. The molecule has 0 atom stereocenters. The highest BCUT2D eigenvalue weighted by Crippen LogP contribution is 2.26. The van der Waals surface area contributed by atoms with E-state index in [0.717, 1.165) is 0 Å². The molecule has 0 heterocycles. The molecule has 0 bridgehead atoms. The maximum absolute atomic E-state index is 12.3. The Hall–Kier alpha value is -2.16. The summed E-state index contributed by atoms with van der Waals surface area (Å²) in [5.41, 5.74) is 0.999. The van der Waals surface area contributed by atoms with Crippen LogP contribution in [0.3, 0.4) is 0 Å². The summed E-state index contributed by atoms with van der Waals surface area (Å²) in [7, 11) is 1.60. The zero-order valence-electron chi connectivity index (χ0n) is 13.4. The van der Waals surface area contributed by atoms with Gasteiger partial charge in [-0.2, -0.15) is 0 Å². The van der Waals surface area contributed by atoms with Gasteiger partial charge in [0.05, 0.1) is 11.1 Å². The van der Waals surface area contributed by atoms with Gasteiger partial charge in [0, 0.05) is 24.4 Å². The maximum atomic E-state index is 12.3. The molecule has 0 radical (unpaired) electrons. The number of phenolic OH excluding ortho intramolecular Hbond substituents is 1. The van der Waals surface area contributed by atoms with Crippen molar-refractivity contribution >= 4 is 44.9 Å².